The normalized spacial score (nSPS) is 19.9. The topological polar surface area (TPSA) is 83.0 Å². The Labute approximate surface area is 147 Å². The summed E-state index contributed by atoms with van der Waals surface area (Å²) in [5.41, 5.74) is 0.359. The molecule has 0 radical (unpaired) electrons. The minimum absolute atomic E-state index is 0.00183. The average molecular weight is 347 g/mol. The van der Waals surface area contributed by atoms with Crippen molar-refractivity contribution < 1.29 is 19.4 Å². The van der Waals surface area contributed by atoms with Gasteiger partial charge in [0.15, 0.2) is 0 Å². The highest BCUT2D eigenvalue weighted by molar-refractivity contribution is 5.94. The highest BCUT2D eigenvalue weighted by Gasteiger charge is 2.29. The highest BCUT2D eigenvalue weighted by Crippen LogP contribution is 2.23. The molecule has 1 saturated heterocycles. The maximum Gasteiger partial charge on any atom is 0.255 e. The van der Waals surface area contributed by atoms with Crippen LogP contribution in [0.4, 0.5) is 0 Å². The zero-order chi connectivity index (χ0) is 17.8. The molecule has 1 aliphatic carbocycles. The van der Waals surface area contributed by atoms with Crippen LogP contribution in [0.25, 0.3) is 0 Å². The number of nitrogens with zero attached hydrogens (tertiary/aromatic N) is 3. The Morgan fingerprint density at radius 1 is 1.16 bits per heavy atom. The van der Waals surface area contributed by atoms with Crippen LogP contribution >= 0.6 is 0 Å². The largest absolute Gasteiger partial charge is 0.506 e. The zero-order valence-corrected chi connectivity index (χ0v) is 14.6. The molecular weight excluding hydrogens is 322 g/mol. The lowest BCUT2D eigenvalue weighted by atomic mass is 10.2. The Morgan fingerprint density at radius 2 is 1.80 bits per heavy atom. The van der Waals surface area contributed by atoms with E-state index < -0.39 is 6.10 Å². The molecular formula is C18H25N3O4. The lowest BCUT2D eigenvalue weighted by Gasteiger charge is -2.36. The van der Waals surface area contributed by atoms with Crippen LogP contribution in [0.3, 0.4) is 0 Å². The Morgan fingerprint density at radius 3 is 2.44 bits per heavy atom. The van der Waals surface area contributed by atoms with Crippen molar-refractivity contribution in [2.24, 2.45) is 0 Å². The summed E-state index contributed by atoms with van der Waals surface area (Å²) < 4.78 is 5.88. The first-order valence-corrected chi connectivity index (χ1v) is 8.92. The molecule has 25 heavy (non-hydrogen) atoms. The molecule has 1 aromatic heterocycles. The van der Waals surface area contributed by atoms with Gasteiger partial charge in [0, 0.05) is 32.4 Å². The van der Waals surface area contributed by atoms with Crippen LogP contribution in [-0.4, -0.2) is 70.1 Å². The van der Waals surface area contributed by atoms with Gasteiger partial charge in [0.2, 0.25) is 0 Å². The number of pyridine rings is 1. The Bertz CT molecular complexity index is 623. The van der Waals surface area contributed by atoms with Crippen LogP contribution < -0.4 is 0 Å². The predicted molar refractivity (Wildman–Crippen MR) is 91.2 cm³/mol. The summed E-state index contributed by atoms with van der Waals surface area (Å²) in [6.07, 6.45) is 6.94. The van der Waals surface area contributed by atoms with Crippen molar-refractivity contribution in [2.75, 3.05) is 26.2 Å². The first-order chi connectivity index (χ1) is 12.0. The summed E-state index contributed by atoms with van der Waals surface area (Å²) in [7, 11) is 0. The van der Waals surface area contributed by atoms with Gasteiger partial charge in [-0.1, -0.05) is 12.8 Å². The van der Waals surface area contributed by atoms with E-state index in [0.717, 1.165) is 12.8 Å². The number of carbonyl (C=O) groups excluding carboxylic acids is 2. The van der Waals surface area contributed by atoms with E-state index in [-0.39, 0.29) is 23.7 Å². The molecule has 0 spiro atoms. The molecule has 0 aromatic carbocycles. The zero-order valence-electron chi connectivity index (χ0n) is 14.6. The van der Waals surface area contributed by atoms with Gasteiger partial charge in [-0.2, -0.15) is 0 Å². The summed E-state index contributed by atoms with van der Waals surface area (Å²) in [6, 6.07) is 1.41. The first kappa shape index (κ1) is 17.7. The van der Waals surface area contributed by atoms with Crippen molar-refractivity contribution in [2.45, 2.75) is 44.8 Å². The Balaban J connectivity index is 1.50. The van der Waals surface area contributed by atoms with E-state index in [1.807, 2.05) is 6.92 Å². The second-order valence-corrected chi connectivity index (χ2v) is 6.73. The number of aromatic nitrogens is 1. The van der Waals surface area contributed by atoms with E-state index in [9.17, 15) is 14.7 Å². The number of carbonyl (C=O) groups is 2. The summed E-state index contributed by atoms with van der Waals surface area (Å²) in [6.45, 7) is 3.74. The molecule has 1 unspecified atom stereocenters. The first-order valence-electron chi connectivity index (χ1n) is 8.92. The number of ether oxygens (including phenoxy) is 1. The standard InChI is InChI=1S/C18H25N3O4/c1-13(25-16-4-2-3-5-16)17(23)20-6-8-21(9-7-20)18(24)14-10-15(22)12-19-11-14/h10-13,16,22H,2-9H2,1H3. The molecule has 2 aliphatic rings. The number of piperazine rings is 1. The molecule has 1 aliphatic heterocycles. The average Bonchev–Trinajstić information content (AvgIpc) is 3.13. The van der Waals surface area contributed by atoms with Crippen molar-refractivity contribution >= 4 is 11.8 Å². The monoisotopic (exact) mass is 347 g/mol. The van der Waals surface area contributed by atoms with Crippen molar-refractivity contribution in [1.82, 2.24) is 14.8 Å². The maximum atomic E-state index is 12.5. The highest BCUT2D eigenvalue weighted by atomic mass is 16.5. The van der Waals surface area contributed by atoms with Gasteiger partial charge < -0.3 is 19.6 Å². The summed E-state index contributed by atoms with van der Waals surface area (Å²) in [4.78, 5) is 32.3. The van der Waals surface area contributed by atoms with Gasteiger partial charge in [0.05, 0.1) is 17.9 Å². The van der Waals surface area contributed by atoms with Crippen LogP contribution in [0.5, 0.6) is 5.75 Å². The number of hydrogen-bond donors (Lipinski definition) is 1. The number of hydrogen-bond acceptors (Lipinski definition) is 5. The van der Waals surface area contributed by atoms with E-state index in [2.05, 4.69) is 4.98 Å². The molecule has 0 bridgehead atoms. The van der Waals surface area contributed by atoms with Crippen LogP contribution in [0.1, 0.15) is 43.0 Å². The van der Waals surface area contributed by atoms with Crippen molar-refractivity contribution in [3.63, 3.8) is 0 Å². The molecule has 1 saturated carbocycles. The van der Waals surface area contributed by atoms with Gasteiger partial charge in [0.25, 0.3) is 11.8 Å². The molecule has 1 N–H and O–H groups in total. The van der Waals surface area contributed by atoms with Crippen LogP contribution in [0.15, 0.2) is 18.5 Å². The minimum Gasteiger partial charge on any atom is -0.506 e. The summed E-state index contributed by atoms with van der Waals surface area (Å²) >= 11 is 0. The Hall–Kier alpha value is -2.15. The van der Waals surface area contributed by atoms with Crippen LogP contribution in [0, 0.1) is 0 Å². The third-order valence-electron chi connectivity index (χ3n) is 4.90. The molecule has 7 heteroatoms. The second kappa shape index (κ2) is 7.82. The van der Waals surface area contributed by atoms with E-state index in [1.165, 1.54) is 31.3 Å². The molecule has 2 fully saturated rings. The van der Waals surface area contributed by atoms with Gasteiger partial charge in [-0.3, -0.25) is 14.6 Å². The third-order valence-corrected chi connectivity index (χ3v) is 4.90. The van der Waals surface area contributed by atoms with E-state index >= 15 is 0 Å². The van der Waals surface area contributed by atoms with Crippen molar-refractivity contribution in [3.05, 3.63) is 24.0 Å². The fourth-order valence-electron chi connectivity index (χ4n) is 3.49. The molecule has 1 aromatic rings. The molecule has 3 rings (SSSR count). The van der Waals surface area contributed by atoms with Gasteiger partial charge in [-0.25, -0.2) is 0 Å². The quantitative estimate of drug-likeness (QED) is 0.891. The summed E-state index contributed by atoms with van der Waals surface area (Å²) in [5.74, 6) is -0.207. The van der Waals surface area contributed by atoms with Gasteiger partial charge in [-0.15, -0.1) is 0 Å². The molecule has 7 nitrogen and oxygen atoms in total. The Kier molecular flexibility index (Phi) is 5.53. The van der Waals surface area contributed by atoms with Crippen molar-refractivity contribution in [1.29, 1.82) is 0 Å². The fourth-order valence-corrected chi connectivity index (χ4v) is 3.49. The van der Waals surface area contributed by atoms with E-state index in [0.29, 0.717) is 31.7 Å². The predicted octanol–water partition coefficient (Wildman–Crippen LogP) is 1.42. The molecule has 136 valence electrons. The summed E-state index contributed by atoms with van der Waals surface area (Å²) in [5, 5.41) is 9.45. The van der Waals surface area contributed by atoms with Crippen molar-refractivity contribution in [3.8, 4) is 5.75 Å². The van der Waals surface area contributed by atoms with Gasteiger partial charge in [0.1, 0.15) is 11.9 Å². The number of amides is 2. The lowest BCUT2D eigenvalue weighted by molar-refractivity contribution is -0.147. The second-order valence-electron chi connectivity index (χ2n) is 6.73. The molecule has 2 amide bonds. The van der Waals surface area contributed by atoms with Crippen LogP contribution in [0.2, 0.25) is 0 Å². The third kappa shape index (κ3) is 4.28. The SMILES string of the molecule is CC(OC1CCCC1)C(=O)N1CCN(C(=O)c2cncc(O)c2)CC1. The van der Waals surface area contributed by atoms with E-state index in [1.54, 1.807) is 9.80 Å². The maximum absolute atomic E-state index is 12.5. The lowest BCUT2D eigenvalue weighted by Crippen LogP contribution is -2.53. The smallest absolute Gasteiger partial charge is 0.255 e. The molecule has 1 atom stereocenters. The number of aromatic hydroxyl groups is 1. The number of rotatable bonds is 4. The van der Waals surface area contributed by atoms with Gasteiger partial charge >= 0.3 is 0 Å². The van der Waals surface area contributed by atoms with E-state index in [4.69, 9.17) is 4.74 Å². The van der Waals surface area contributed by atoms with Crippen LogP contribution in [-0.2, 0) is 9.53 Å². The molecule has 2 heterocycles. The minimum atomic E-state index is -0.430. The van der Waals surface area contributed by atoms with Gasteiger partial charge in [-0.05, 0) is 25.8 Å². The fraction of sp³-hybridized carbons (Fsp3) is 0.611.